The Bertz CT molecular complexity index is 683. The number of halogens is 1. The summed E-state index contributed by atoms with van der Waals surface area (Å²) in [4.78, 5) is 14.2. The maximum Gasteiger partial charge on any atom is 0.247 e. The van der Waals surface area contributed by atoms with Gasteiger partial charge in [-0.1, -0.05) is 12.1 Å². The molecular formula is C18H18FNO2. The van der Waals surface area contributed by atoms with Crippen molar-refractivity contribution in [1.29, 1.82) is 0 Å². The van der Waals surface area contributed by atoms with Gasteiger partial charge in [-0.15, -0.1) is 0 Å². The van der Waals surface area contributed by atoms with Crippen LogP contribution in [-0.4, -0.2) is 16.8 Å². The van der Waals surface area contributed by atoms with E-state index in [0.717, 1.165) is 24.2 Å². The summed E-state index contributed by atoms with van der Waals surface area (Å²) in [5.41, 5.74) is 0.934. The summed E-state index contributed by atoms with van der Waals surface area (Å²) in [5, 5.41) is 0. The van der Waals surface area contributed by atoms with Gasteiger partial charge in [-0.2, -0.15) is 0 Å². The van der Waals surface area contributed by atoms with Gasteiger partial charge in [0.1, 0.15) is 17.3 Å². The van der Waals surface area contributed by atoms with Crippen molar-refractivity contribution in [3.05, 3.63) is 65.4 Å². The van der Waals surface area contributed by atoms with Crippen molar-refractivity contribution in [1.82, 2.24) is 4.90 Å². The van der Waals surface area contributed by atoms with E-state index in [9.17, 15) is 9.18 Å². The zero-order chi connectivity index (χ0) is 15.5. The topological polar surface area (TPSA) is 33.5 Å². The van der Waals surface area contributed by atoms with Crippen molar-refractivity contribution < 1.29 is 13.6 Å². The first-order valence-corrected chi connectivity index (χ1v) is 7.41. The molecule has 1 aromatic carbocycles. The monoisotopic (exact) mass is 299 g/mol. The summed E-state index contributed by atoms with van der Waals surface area (Å²) >= 11 is 0. The summed E-state index contributed by atoms with van der Waals surface area (Å²) in [5.74, 6) is 1.18. The molecule has 0 saturated heterocycles. The van der Waals surface area contributed by atoms with Crippen LogP contribution in [0.4, 0.5) is 4.39 Å². The van der Waals surface area contributed by atoms with E-state index in [1.165, 1.54) is 12.1 Å². The summed E-state index contributed by atoms with van der Waals surface area (Å²) in [6.45, 7) is 2.37. The van der Waals surface area contributed by atoms with Crippen molar-refractivity contribution in [2.24, 2.45) is 0 Å². The van der Waals surface area contributed by atoms with Crippen LogP contribution in [0.1, 0.15) is 29.9 Å². The highest BCUT2D eigenvalue weighted by atomic mass is 19.1. The van der Waals surface area contributed by atoms with Crippen LogP contribution in [0.15, 0.2) is 46.9 Å². The summed E-state index contributed by atoms with van der Waals surface area (Å²) in [6, 6.07) is 10.3. The lowest BCUT2D eigenvalue weighted by Gasteiger charge is -2.20. The molecule has 0 atom stereocenters. The molecule has 4 heteroatoms. The number of benzene rings is 1. The van der Waals surface area contributed by atoms with Gasteiger partial charge in [-0.3, -0.25) is 4.79 Å². The molecule has 0 bridgehead atoms. The van der Waals surface area contributed by atoms with Crippen LogP contribution in [0.25, 0.3) is 6.08 Å². The minimum Gasteiger partial charge on any atom is -0.462 e. The van der Waals surface area contributed by atoms with Gasteiger partial charge in [0.15, 0.2) is 0 Å². The standard InChI is InChI=1S/C18H18FNO2/c1-13-2-9-17(22-13)10-11-18(21)20(16-7-8-16)12-14-3-5-15(19)6-4-14/h2-6,9-11,16H,7-8,12H2,1H3/b11-10+. The highest BCUT2D eigenvalue weighted by molar-refractivity contribution is 5.91. The quantitative estimate of drug-likeness (QED) is 0.784. The Morgan fingerprint density at radius 3 is 2.59 bits per heavy atom. The molecule has 1 heterocycles. The Hall–Kier alpha value is -2.36. The van der Waals surface area contributed by atoms with Crippen LogP contribution in [0, 0.1) is 12.7 Å². The largest absolute Gasteiger partial charge is 0.462 e. The Balaban J connectivity index is 1.69. The fourth-order valence-corrected chi connectivity index (χ4v) is 2.35. The lowest BCUT2D eigenvalue weighted by atomic mass is 10.2. The molecule has 3 nitrogen and oxygen atoms in total. The third-order valence-electron chi connectivity index (χ3n) is 3.69. The first-order valence-electron chi connectivity index (χ1n) is 7.41. The molecule has 0 N–H and O–H groups in total. The normalized spacial score (nSPS) is 14.5. The fraction of sp³-hybridized carbons (Fsp3) is 0.278. The number of furan rings is 1. The Morgan fingerprint density at radius 2 is 2.00 bits per heavy atom. The maximum absolute atomic E-state index is 13.0. The van der Waals surface area contributed by atoms with Crippen LogP contribution in [0.2, 0.25) is 0 Å². The molecule has 3 rings (SSSR count). The highest BCUT2D eigenvalue weighted by Crippen LogP contribution is 2.28. The van der Waals surface area contributed by atoms with Crippen LogP contribution in [0.5, 0.6) is 0 Å². The SMILES string of the molecule is Cc1ccc(/C=C/C(=O)N(Cc2ccc(F)cc2)C2CC2)o1. The van der Waals surface area contributed by atoms with Crippen molar-refractivity contribution in [2.75, 3.05) is 0 Å². The Morgan fingerprint density at radius 1 is 1.27 bits per heavy atom. The van der Waals surface area contributed by atoms with E-state index < -0.39 is 0 Å². The van der Waals surface area contributed by atoms with Gasteiger partial charge in [-0.05, 0) is 55.7 Å². The van der Waals surface area contributed by atoms with Gasteiger partial charge >= 0.3 is 0 Å². The number of hydrogen-bond donors (Lipinski definition) is 0. The number of amides is 1. The van der Waals surface area contributed by atoms with E-state index in [0.29, 0.717) is 18.3 Å². The van der Waals surface area contributed by atoms with E-state index in [1.54, 1.807) is 24.3 Å². The van der Waals surface area contributed by atoms with Crippen LogP contribution < -0.4 is 0 Å². The molecular weight excluding hydrogens is 281 g/mol. The van der Waals surface area contributed by atoms with Crippen molar-refractivity contribution >= 4 is 12.0 Å². The second-order valence-electron chi connectivity index (χ2n) is 5.61. The van der Waals surface area contributed by atoms with Gasteiger partial charge in [0.25, 0.3) is 0 Å². The number of hydrogen-bond acceptors (Lipinski definition) is 2. The first-order chi connectivity index (χ1) is 10.6. The van der Waals surface area contributed by atoms with E-state index in [2.05, 4.69) is 0 Å². The van der Waals surface area contributed by atoms with E-state index in [1.807, 2.05) is 24.0 Å². The van der Waals surface area contributed by atoms with Crippen LogP contribution in [-0.2, 0) is 11.3 Å². The zero-order valence-electron chi connectivity index (χ0n) is 12.5. The van der Waals surface area contributed by atoms with E-state index >= 15 is 0 Å². The number of carbonyl (C=O) groups excluding carboxylic acids is 1. The molecule has 1 saturated carbocycles. The van der Waals surface area contributed by atoms with Gasteiger partial charge < -0.3 is 9.32 Å². The van der Waals surface area contributed by atoms with Gasteiger partial charge in [0.05, 0.1) is 0 Å². The third-order valence-corrected chi connectivity index (χ3v) is 3.69. The average Bonchev–Trinajstić information content (AvgIpc) is 3.26. The van der Waals surface area contributed by atoms with Gasteiger partial charge in [-0.25, -0.2) is 4.39 Å². The first kappa shape index (κ1) is 14.6. The molecule has 2 aromatic rings. The van der Waals surface area contributed by atoms with Crippen molar-refractivity contribution in [2.45, 2.75) is 32.4 Å². The molecule has 0 radical (unpaired) electrons. The minimum absolute atomic E-state index is 0.0409. The lowest BCUT2D eigenvalue weighted by Crippen LogP contribution is -2.31. The highest BCUT2D eigenvalue weighted by Gasteiger charge is 2.31. The van der Waals surface area contributed by atoms with Crippen molar-refractivity contribution in [3.63, 3.8) is 0 Å². The Kier molecular flexibility index (Phi) is 4.09. The minimum atomic E-state index is -0.263. The Labute approximate surface area is 129 Å². The van der Waals surface area contributed by atoms with Crippen LogP contribution >= 0.6 is 0 Å². The second kappa shape index (κ2) is 6.18. The molecule has 0 spiro atoms. The molecule has 1 aliphatic rings. The van der Waals surface area contributed by atoms with Gasteiger partial charge in [0, 0.05) is 18.7 Å². The fourth-order valence-electron chi connectivity index (χ4n) is 2.35. The van der Waals surface area contributed by atoms with Crippen molar-refractivity contribution in [3.8, 4) is 0 Å². The molecule has 22 heavy (non-hydrogen) atoms. The predicted octanol–water partition coefficient (Wildman–Crippen LogP) is 3.93. The zero-order valence-corrected chi connectivity index (χ0v) is 12.5. The summed E-state index contributed by atoms with van der Waals surface area (Å²) < 4.78 is 18.4. The molecule has 1 aromatic heterocycles. The van der Waals surface area contributed by atoms with E-state index in [4.69, 9.17) is 4.42 Å². The predicted molar refractivity (Wildman–Crippen MR) is 82.5 cm³/mol. The molecule has 1 amide bonds. The number of carbonyl (C=O) groups is 1. The molecule has 1 aliphatic carbocycles. The number of nitrogens with zero attached hydrogens (tertiary/aromatic N) is 1. The summed E-state index contributed by atoms with van der Waals surface area (Å²) in [7, 11) is 0. The molecule has 0 unspecified atom stereocenters. The second-order valence-corrected chi connectivity index (χ2v) is 5.61. The smallest absolute Gasteiger partial charge is 0.247 e. The number of aryl methyl sites for hydroxylation is 1. The lowest BCUT2D eigenvalue weighted by molar-refractivity contribution is -0.127. The molecule has 1 fully saturated rings. The van der Waals surface area contributed by atoms with Gasteiger partial charge in [0.2, 0.25) is 5.91 Å². The van der Waals surface area contributed by atoms with Crippen LogP contribution in [0.3, 0.4) is 0 Å². The maximum atomic E-state index is 13.0. The third kappa shape index (κ3) is 3.64. The average molecular weight is 299 g/mol. The molecule has 0 aliphatic heterocycles. The number of rotatable bonds is 5. The molecule has 114 valence electrons. The van der Waals surface area contributed by atoms with E-state index in [-0.39, 0.29) is 11.7 Å². The summed E-state index contributed by atoms with van der Waals surface area (Å²) in [6.07, 6.45) is 5.29.